The van der Waals surface area contributed by atoms with Crippen LogP contribution in [0.3, 0.4) is 0 Å². The van der Waals surface area contributed by atoms with Crippen molar-refractivity contribution in [1.29, 1.82) is 0 Å². The molecule has 0 aromatic carbocycles. The first kappa shape index (κ1) is 28.0. The van der Waals surface area contributed by atoms with Crippen LogP contribution in [-0.4, -0.2) is 48.8 Å². The van der Waals surface area contributed by atoms with E-state index >= 15 is 0 Å². The van der Waals surface area contributed by atoms with Gasteiger partial charge in [-0.05, 0) is 25.8 Å². The maximum absolute atomic E-state index is 6.28. The van der Waals surface area contributed by atoms with Crippen LogP contribution >= 0.6 is 0 Å². The molecule has 0 unspecified atom stereocenters. The third-order valence-corrected chi connectivity index (χ3v) is 7.98. The number of hydrogen-bond acceptors (Lipinski definition) is 5. The average Bonchev–Trinajstić information content (AvgIpc) is 2.71. The van der Waals surface area contributed by atoms with Crippen LogP contribution in [0.1, 0.15) is 97.3 Å². The van der Waals surface area contributed by atoms with Crippen LogP contribution < -0.4 is 11.1 Å². The Morgan fingerprint density at radius 1 is 0.679 bits per heavy atom. The zero-order chi connectivity index (χ0) is 20.8. The van der Waals surface area contributed by atoms with Crippen molar-refractivity contribution in [2.75, 3.05) is 40.0 Å². The Labute approximate surface area is 176 Å². The van der Waals surface area contributed by atoms with Crippen LogP contribution in [0, 0.1) is 0 Å². The van der Waals surface area contributed by atoms with Crippen molar-refractivity contribution in [3.63, 3.8) is 0 Å². The van der Waals surface area contributed by atoms with Gasteiger partial charge in [-0.2, -0.15) is 0 Å². The molecule has 0 aliphatic carbocycles. The molecule has 170 valence electrons. The van der Waals surface area contributed by atoms with Gasteiger partial charge < -0.3 is 24.3 Å². The maximum Gasteiger partial charge on any atom is 0.500 e. The normalized spacial score (nSPS) is 12.0. The highest BCUT2D eigenvalue weighted by molar-refractivity contribution is 6.60. The van der Waals surface area contributed by atoms with E-state index in [2.05, 4.69) is 19.2 Å². The fourth-order valence-electron chi connectivity index (χ4n) is 3.28. The van der Waals surface area contributed by atoms with Crippen molar-refractivity contribution in [2.45, 2.75) is 103 Å². The summed E-state index contributed by atoms with van der Waals surface area (Å²) in [5, 5.41) is 3.35. The predicted molar refractivity (Wildman–Crippen MR) is 123 cm³/mol. The molecular weight excluding hydrogens is 368 g/mol. The fourth-order valence-corrected chi connectivity index (χ4v) is 5.62. The molecule has 0 heterocycles. The molecule has 0 aromatic rings. The van der Waals surface area contributed by atoms with Gasteiger partial charge in [-0.15, -0.1) is 0 Å². The van der Waals surface area contributed by atoms with Crippen molar-refractivity contribution >= 4 is 8.80 Å². The first-order chi connectivity index (χ1) is 13.7. The van der Waals surface area contributed by atoms with Gasteiger partial charge in [0.15, 0.2) is 0 Å². The van der Waals surface area contributed by atoms with Crippen LogP contribution in [0.15, 0.2) is 0 Å². The highest BCUT2D eigenvalue weighted by Crippen LogP contribution is 2.19. The summed E-state index contributed by atoms with van der Waals surface area (Å²) in [4.78, 5) is 0. The molecule has 5 nitrogen and oxygen atoms in total. The summed E-state index contributed by atoms with van der Waals surface area (Å²) in [5.74, 6) is 0. The van der Waals surface area contributed by atoms with Gasteiger partial charge in [0.05, 0.1) is 0 Å². The van der Waals surface area contributed by atoms with Crippen LogP contribution in [-0.2, 0) is 13.3 Å². The highest BCUT2D eigenvalue weighted by Gasteiger charge is 2.39. The van der Waals surface area contributed by atoms with E-state index in [4.69, 9.17) is 19.0 Å². The molecule has 0 aromatic heterocycles. The van der Waals surface area contributed by atoms with Gasteiger partial charge in [0.1, 0.15) is 0 Å². The standard InChI is InChI=1S/C22H50N2O3Si/c1-4-6-8-10-12-14-20-26-28(25-3,22-16-18-24-19-17-23)27-21-15-13-11-9-7-5-2/h24H,4-23H2,1-3H3. The molecule has 0 bridgehead atoms. The molecule has 6 heteroatoms. The van der Waals surface area contributed by atoms with Crippen LogP contribution in [0.5, 0.6) is 0 Å². The molecule has 3 N–H and O–H groups in total. The second-order valence-corrected chi connectivity index (χ2v) is 10.6. The molecule has 0 radical (unpaired) electrons. The minimum Gasteiger partial charge on any atom is -0.377 e. The number of nitrogens with one attached hydrogen (secondary N) is 1. The Morgan fingerprint density at radius 2 is 1.18 bits per heavy atom. The van der Waals surface area contributed by atoms with E-state index in [0.717, 1.165) is 51.6 Å². The lowest BCUT2D eigenvalue weighted by Crippen LogP contribution is -2.46. The third kappa shape index (κ3) is 16.9. The summed E-state index contributed by atoms with van der Waals surface area (Å²) in [6.45, 7) is 8.51. The van der Waals surface area contributed by atoms with E-state index in [1.165, 1.54) is 64.2 Å². The lowest BCUT2D eigenvalue weighted by Gasteiger charge is -2.28. The lowest BCUT2D eigenvalue weighted by atomic mass is 10.1. The Hall–Kier alpha value is 0.0169. The van der Waals surface area contributed by atoms with Gasteiger partial charge in [0, 0.05) is 39.5 Å². The van der Waals surface area contributed by atoms with Crippen molar-refractivity contribution in [3.05, 3.63) is 0 Å². The first-order valence-electron chi connectivity index (χ1n) is 12.0. The van der Waals surface area contributed by atoms with Gasteiger partial charge in [-0.1, -0.05) is 78.1 Å². The van der Waals surface area contributed by atoms with Crippen molar-refractivity contribution in [2.24, 2.45) is 5.73 Å². The zero-order valence-electron chi connectivity index (χ0n) is 19.2. The molecule has 28 heavy (non-hydrogen) atoms. The van der Waals surface area contributed by atoms with Crippen molar-refractivity contribution < 1.29 is 13.3 Å². The summed E-state index contributed by atoms with van der Waals surface area (Å²) < 4.78 is 18.4. The molecule has 0 amide bonds. The van der Waals surface area contributed by atoms with Crippen LogP contribution in [0.2, 0.25) is 6.04 Å². The number of hydrogen-bond donors (Lipinski definition) is 2. The summed E-state index contributed by atoms with van der Waals surface area (Å²) >= 11 is 0. The van der Waals surface area contributed by atoms with Gasteiger partial charge in [0.25, 0.3) is 0 Å². The second kappa shape index (κ2) is 21.7. The minimum absolute atomic E-state index is 0.676. The summed E-state index contributed by atoms with van der Waals surface area (Å²) in [6.07, 6.45) is 16.3. The van der Waals surface area contributed by atoms with Gasteiger partial charge in [-0.3, -0.25) is 0 Å². The number of nitrogens with two attached hydrogens (primary N) is 1. The molecule has 0 rings (SSSR count). The monoisotopic (exact) mass is 418 g/mol. The summed E-state index contributed by atoms with van der Waals surface area (Å²) in [6, 6.07) is 0.882. The quantitative estimate of drug-likeness (QED) is 0.175. The summed E-state index contributed by atoms with van der Waals surface area (Å²) in [5.41, 5.74) is 5.54. The first-order valence-corrected chi connectivity index (χ1v) is 13.9. The second-order valence-electron chi connectivity index (χ2n) is 7.76. The topological polar surface area (TPSA) is 65.7 Å². The highest BCUT2D eigenvalue weighted by atomic mass is 28.4. The predicted octanol–water partition coefficient (Wildman–Crippen LogP) is 5.26. The molecular formula is C22H50N2O3Si. The molecule has 0 aliphatic rings. The van der Waals surface area contributed by atoms with E-state index in [1.807, 2.05) is 0 Å². The van der Waals surface area contributed by atoms with E-state index in [1.54, 1.807) is 7.11 Å². The fraction of sp³-hybridized carbons (Fsp3) is 1.00. The van der Waals surface area contributed by atoms with Crippen molar-refractivity contribution in [1.82, 2.24) is 5.32 Å². The number of rotatable bonds is 23. The van der Waals surface area contributed by atoms with E-state index < -0.39 is 8.80 Å². The maximum atomic E-state index is 6.28. The Morgan fingerprint density at radius 3 is 1.64 bits per heavy atom. The number of unbranched alkanes of at least 4 members (excludes halogenated alkanes) is 10. The molecule has 0 atom stereocenters. The zero-order valence-corrected chi connectivity index (χ0v) is 20.2. The SMILES string of the molecule is CCCCCCCCO[Si](CCCNCCN)(OC)OCCCCCCCC. The average molecular weight is 419 g/mol. The Balaban J connectivity index is 4.20. The van der Waals surface area contributed by atoms with E-state index in [9.17, 15) is 0 Å². The third-order valence-electron chi connectivity index (χ3n) is 5.11. The summed E-state index contributed by atoms with van der Waals surface area (Å²) in [7, 11) is -0.786. The van der Waals surface area contributed by atoms with E-state index in [0.29, 0.717) is 6.54 Å². The molecule has 0 aliphatic heterocycles. The smallest absolute Gasteiger partial charge is 0.377 e. The van der Waals surface area contributed by atoms with Gasteiger partial charge in [-0.25, -0.2) is 0 Å². The Bertz CT molecular complexity index is 292. The lowest BCUT2D eigenvalue weighted by molar-refractivity contribution is 0.0737. The molecule has 0 saturated carbocycles. The van der Waals surface area contributed by atoms with Gasteiger partial charge in [0.2, 0.25) is 0 Å². The Kier molecular flexibility index (Phi) is 21.7. The minimum atomic E-state index is -2.55. The molecule has 0 fully saturated rings. The van der Waals surface area contributed by atoms with Gasteiger partial charge >= 0.3 is 8.80 Å². The molecule has 0 spiro atoms. The van der Waals surface area contributed by atoms with Crippen LogP contribution in [0.25, 0.3) is 0 Å². The largest absolute Gasteiger partial charge is 0.500 e. The van der Waals surface area contributed by atoms with E-state index in [-0.39, 0.29) is 0 Å². The molecule has 0 saturated heterocycles. The van der Waals surface area contributed by atoms with Crippen LogP contribution in [0.4, 0.5) is 0 Å². The van der Waals surface area contributed by atoms with Crippen molar-refractivity contribution in [3.8, 4) is 0 Å².